The van der Waals surface area contributed by atoms with Crippen molar-refractivity contribution >= 4 is 16.9 Å². The second-order valence-electron chi connectivity index (χ2n) is 4.47. The van der Waals surface area contributed by atoms with Crippen LogP contribution in [0, 0.1) is 0 Å². The summed E-state index contributed by atoms with van der Waals surface area (Å²) in [5, 5.41) is 19.1. The van der Waals surface area contributed by atoms with Gasteiger partial charge in [-0.25, -0.2) is 4.79 Å². The number of hydrogen-bond donors (Lipinski definition) is 3. The molecule has 0 aliphatic heterocycles. The summed E-state index contributed by atoms with van der Waals surface area (Å²) in [4.78, 5) is 11.3. The van der Waals surface area contributed by atoms with Gasteiger partial charge in [-0.15, -0.1) is 0 Å². The zero-order chi connectivity index (χ0) is 13.8. The summed E-state index contributed by atoms with van der Waals surface area (Å²) in [5.41, 5.74) is 7.65. The number of carboxylic acids is 1. The Labute approximate surface area is 111 Å². The molecular formula is C14H18N2O3. The zero-order valence-corrected chi connectivity index (χ0v) is 10.7. The van der Waals surface area contributed by atoms with Crippen LogP contribution in [0.3, 0.4) is 0 Å². The van der Waals surface area contributed by atoms with E-state index in [4.69, 9.17) is 10.8 Å². The Bertz CT molecular complexity index is 590. The number of hydrogen-bond acceptors (Lipinski definition) is 3. The topological polar surface area (TPSA) is 88.5 Å². The van der Waals surface area contributed by atoms with Gasteiger partial charge in [0.05, 0.1) is 12.2 Å². The Morgan fingerprint density at radius 1 is 1.37 bits per heavy atom. The Kier molecular flexibility index (Phi) is 4.19. The van der Waals surface area contributed by atoms with Crippen LogP contribution in [-0.4, -0.2) is 33.9 Å². The predicted octanol–water partition coefficient (Wildman–Crippen LogP) is 1.22. The lowest BCUT2D eigenvalue weighted by Crippen LogP contribution is -2.01. The maximum atomic E-state index is 11.3. The molecule has 102 valence electrons. The molecule has 4 N–H and O–H groups in total. The predicted molar refractivity (Wildman–Crippen MR) is 73.4 cm³/mol. The quantitative estimate of drug-likeness (QED) is 0.730. The Hall–Kier alpha value is -1.85. The highest BCUT2D eigenvalue weighted by molar-refractivity contribution is 6.04. The molecule has 0 fully saturated rings. The number of rotatable bonds is 6. The highest BCUT2D eigenvalue weighted by atomic mass is 16.4. The van der Waals surface area contributed by atoms with E-state index in [1.165, 1.54) is 0 Å². The molecule has 0 bridgehead atoms. The van der Waals surface area contributed by atoms with Crippen molar-refractivity contribution in [3.63, 3.8) is 0 Å². The number of aryl methyl sites for hydroxylation is 1. The number of carbonyl (C=O) groups is 1. The summed E-state index contributed by atoms with van der Waals surface area (Å²) < 4.78 is 1.90. The minimum atomic E-state index is -0.929. The van der Waals surface area contributed by atoms with Crippen LogP contribution in [0.4, 0.5) is 0 Å². The third-order valence-electron chi connectivity index (χ3n) is 3.21. The maximum absolute atomic E-state index is 11.3. The van der Waals surface area contributed by atoms with Crippen LogP contribution in [0.2, 0.25) is 0 Å². The summed E-state index contributed by atoms with van der Waals surface area (Å²) in [6.45, 7) is 1.06. The molecule has 1 heterocycles. The maximum Gasteiger partial charge on any atom is 0.336 e. The molecule has 1 aromatic heterocycles. The molecule has 19 heavy (non-hydrogen) atoms. The first-order valence-electron chi connectivity index (χ1n) is 6.34. The molecule has 0 atom stereocenters. The monoisotopic (exact) mass is 262 g/mol. The van der Waals surface area contributed by atoms with Gasteiger partial charge in [0.2, 0.25) is 0 Å². The van der Waals surface area contributed by atoms with Gasteiger partial charge in [0.1, 0.15) is 0 Å². The van der Waals surface area contributed by atoms with E-state index in [1.807, 2.05) is 16.8 Å². The van der Waals surface area contributed by atoms with Gasteiger partial charge in [-0.05, 0) is 37.1 Å². The third-order valence-corrected chi connectivity index (χ3v) is 3.21. The molecule has 0 saturated carbocycles. The van der Waals surface area contributed by atoms with Crippen molar-refractivity contribution in [2.45, 2.75) is 19.4 Å². The smallest absolute Gasteiger partial charge is 0.336 e. The van der Waals surface area contributed by atoms with E-state index >= 15 is 0 Å². The highest BCUT2D eigenvalue weighted by Crippen LogP contribution is 2.26. The van der Waals surface area contributed by atoms with Gasteiger partial charge in [-0.2, -0.15) is 0 Å². The molecule has 5 heteroatoms. The molecule has 0 radical (unpaired) electrons. The van der Waals surface area contributed by atoms with E-state index < -0.39 is 5.97 Å². The molecule has 1 aromatic carbocycles. The van der Waals surface area contributed by atoms with Gasteiger partial charge in [0.25, 0.3) is 0 Å². The first kappa shape index (κ1) is 13.6. The molecule has 0 spiro atoms. The van der Waals surface area contributed by atoms with E-state index in [1.54, 1.807) is 12.1 Å². The highest BCUT2D eigenvalue weighted by Gasteiger charge is 2.15. The van der Waals surface area contributed by atoms with Crippen LogP contribution in [0.1, 0.15) is 22.3 Å². The largest absolute Gasteiger partial charge is 0.478 e. The molecule has 5 nitrogen and oxygen atoms in total. The van der Waals surface area contributed by atoms with E-state index in [0.717, 1.165) is 29.3 Å². The van der Waals surface area contributed by atoms with Crippen LogP contribution < -0.4 is 5.73 Å². The van der Waals surface area contributed by atoms with Crippen LogP contribution in [0.15, 0.2) is 24.4 Å². The number of fused-ring (bicyclic) bond motifs is 1. The summed E-state index contributed by atoms with van der Waals surface area (Å²) in [5.74, 6) is -0.929. The Morgan fingerprint density at radius 2 is 2.16 bits per heavy atom. The lowest BCUT2D eigenvalue weighted by molar-refractivity contribution is 0.0699. The standard InChI is InChI=1S/C14H18N2O3/c15-6-2-3-10-9-16(7-8-17)12-5-1-4-11(13(10)12)14(18)19/h1,4-5,9,17H,2-3,6-8,15H2,(H,18,19). The van der Waals surface area contributed by atoms with Crippen molar-refractivity contribution in [1.82, 2.24) is 4.57 Å². The minimum Gasteiger partial charge on any atom is -0.478 e. The summed E-state index contributed by atoms with van der Waals surface area (Å²) in [6.07, 6.45) is 3.48. The fraction of sp³-hybridized carbons (Fsp3) is 0.357. The number of carboxylic acid groups (broad SMARTS) is 1. The van der Waals surface area contributed by atoms with Gasteiger partial charge in [0.15, 0.2) is 0 Å². The van der Waals surface area contributed by atoms with Crippen molar-refractivity contribution in [1.29, 1.82) is 0 Å². The first-order valence-corrected chi connectivity index (χ1v) is 6.34. The van der Waals surface area contributed by atoms with Crippen LogP contribution in [0.25, 0.3) is 10.9 Å². The summed E-state index contributed by atoms with van der Waals surface area (Å²) >= 11 is 0. The minimum absolute atomic E-state index is 0.0252. The fourth-order valence-corrected chi connectivity index (χ4v) is 2.39. The van der Waals surface area contributed by atoms with Crippen LogP contribution in [0.5, 0.6) is 0 Å². The van der Waals surface area contributed by atoms with Crippen molar-refractivity contribution < 1.29 is 15.0 Å². The lowest BCUT2D eigenvalue weighted by atomic mass is 10.0. The van der Waals surface area contributed by atoms with Crippen molar-refractivity contribution in [3.8, 4) is 0 Å². The van der Waals surface area contributed by atoms with Crippen molar-refractivity contribution in [2.75, 3.05) is 13.2 Å². The van der Waals surface area contributed by atoms with E-state index in [-0.39, 0.29) is 6.61 Å². The number of aromatic nitrogens is 1. The van der Waals surface area contributed by atoms with Crippen LogP contribution in [-0.2, 0) is 13.0 Å². The molecule has 0 aliphatic rings. The van der Waals surface area contributed by atoms with Crippen molar-refractivity contribution in [3.05, 3.63) is 35.5 Å². The van der Waals surface area contributed by atoms with E-state index in [9.17, 15) is 9.90 Å². The van der Waals surface area contributed by atoms with Crippen molar-refractivity contribution in [2.24, 2.45) is 5.73 Å². The van der Waals surface area contributed by atoms with Gasteiger partial charge < -0.3 is 20.5 Å². The third kappa shape index (κ3) is 2.62. The molecule has 2 aromatic rings. The number of benzene rings is 1. The number of nitrogens with two attached hydrogens (primary N) is 1. The normalized spacial score (nSPS) is 11.1. The Balaban J connectivity index is 2.61. The fourth-order valence-electron chi connectivity index (χ4n) is 2.39. The zero-order valence-electron chi connectivity index (χ0n) is 10.7. The molecule has 0 amide bonds. The van der Waals surface area contributed by atoms with Gasteiger partial charge in [-0.1, -0.05) is 6.07 Å². The second-order valence-corrected chi connectivity index (χ2v) is 4.47. The molecular weight excluding hydrogens is 244 g/mol. The number of aliphatic hydroxyl groups is 1. The molecule has 0 saturated heterocycles. The summed E-state index contributed by atoms with van der Waals surface area (Å²) in [7, 11) is 0. The number of nitrogens with zero attached hydrogens (tertiary/aromatic N) is 1. The average Bonchev–Trinajstić information content (AvgIpc) is 2.75. The SMILES string of the molecule is NCCCc1cn(CCO)c2cccc(C(=O)O)c12. The molecule has 0 unspecified atom stereocenters. The van der Waals surface area contributed by atoms with Gasteiger partial charge >= 0.3 is 5.97 Å². The first-order chi connectivity index (χ1) is 9.19. The number of aliphatic hydroxyl groups excluding tert-OH is 1. The van der Waals surface area contributed by atoms with E-state index in [0.29, 0.717) is 18.7 Å². The lowest BCUT2D eigenvalue weighted by Gasteiger charge is -2.03. The molecule has 2 rings (SSSR count). The van der Waals surface area contributed by atoms with Crippen LogP contribution >= 0.6 is 0 Å². The van der Waals surface area contributed by atoms with Gasteiger partial charge in [0, 0.05) is 23.6 Å². The van der Waals surface area contributed by atoms with E-state index in [2.05, 4.69) is 0 Å². The summed E-state index contributed by atoms with van der Waals surface area (Å²) in [6, 6.07) is 5.22. The average molecular weight is 262 g/mol. The molecule has 0 aliphatic carbocycles. The number of aromatic carboxylic acids is 1. The van der Waals surface area contributed by atoms with Gasteiger partial charge in [-0.3, -0.25) is 0 Å². The Morgan fingerprint density at radius 3 is 2.79 bits per heavy atom. The second kappa shape index (κ2) is 5.86.